The average Bonchev–Trinajstić information content (AvgIpc) is 2.45. The van der Waals surface area contributed by atoms with Crippen LogP contribution in [0.2, 0.25) is 5.28 Å². The molecule has 1 aromatic carbocycles. The molecular formula is C15H20ClN3O2. The molecule has 114 valence electrons. The van der Waals surface area contributed by atoms with Gasteiger partial charge in [0, 0.05) is 18.0 Å². The summed E-state index contributed by atoms with van der Waals surface area (Å²) in [6, 6.07) is 3.66. The Balaban J connectivity index is 2.43. The van der Waals surface area contributed by atoms with Gasteiger partial charge in [0.25, 0.3) is 0 Å². The second-order valence-electron chi connectivity index (χ2n) is 5.17. The first kappa shape index (κ1) is 15.6. The molecule has 0 radical (unpaired) electrons. The quantitative estimate of drug-likeness (QED) is 0.823. The van der Waals surface area contributed by atoms with Gasteiger partial charge in [-0.2, -0.15) is 0 Å². The lowest BCUT2D eigenvalue weighted by atomic mass is 10.1. The van der Waals surface area contributed by atoms with E-state index in [0.29, 0.717) is 23.2 Å². The van der Waals surface area contributed by atoms with Gasteiger partial charge in [0.1, 0.15) is 5.82 Å². The fourth-order valence-corrected chi connectivity index (χ4v) is 2.22. The Hall–Kier alpha value is -1.75. The highest BCUT2D eigenvalue weighted by Crippen LogP contribution is 2.34. The first-order valence-electron chi connectivity index (χ1n) is 6.88. The second-order valence-corrected chi connectivity index (χ2v) is 5.51. The number of hydrogen-bond donors (Lipinski definition) is 1. The van der Waals surface area contributed by atoms with Crippen LogP contribution in [0, 0.1) is 5.92 Å². The third-order valence-corrected chi connectivity index (χ3v) is 3.36. The molecule has 2 rings (SSSR count). The van der Waals surface area contributed by atoms with Crippen LogP contribution in [0.5, 0.6) is 11.5 Å². The van der Waals surface area contributed by atoms with Gasteiger partial charge in [-0.15, -0.1) is 0 Å². The fraction of sp³-hybridized carbons (Fsp3) is 0.467. The maximum atomic E-state index is 6.00. The zero-order valence-corrected chi connectivity index (χ0v) is 13.5. The number of anilines is 1. The summed E-state index contributed by atoms with van der Waals surface area (Å²) in [6.45, 7) is 5.19. The lowest BCUT2D eigenvalue weighted by Gasteiger charge is -2.13. The first-order valence-corrected chi connectivity index (χ1v) is 7.26. The molecular weight excluding hydrogens is 290 g/mol. The molecule has 0 spiro atoms. The van der Waals surface area contributed by atoms with E-state index in [1.165, 1.54) is 0 Å². The molecule has 5 nitrogen and oxygen atoms in total. The summed E-state index contributed by atoms with van der Waals surface area (Å²) in [7, 11) is 3.20. The Morgan fingerprint density at radius 1 is 1.14 bits per heavy atom. The highest BCUT2D eigenvalue weighted by molar-refractivity contribution is 6.28. The molecule has 0 amide bonds. The zero-order valence-electron chi connectivity index (χ0n) is 12.7. The Kier molecular flexibility index (Phi) is 5.07. The van der Waals surface area contributed by atoms with Crippen LogP contribution >= 0.6 is 11.6 Å². The van der Waals surface area contributed by atoms with Gasteiger partial charge >= 0.3 is 0 Å². The van der Waals surface area contributed by atoms with Gasteiger partial charge in [-0.1, -0.05) is 13.8 Å². The van der Waals surface area contributed by atoms with Crippen LogP contribution in [0.4, 0.5) is 5.82 Å². The molecule has 2 aromatic rings. The number of ether oxygens (including phenoxy) is 2. The summed E-state index contributed by atoms with van der Waals surface area (Å²) in [6.07, 6.45) is 1.05. The van der Waals surface area contributed by atoms with Crippen molar-refractivity contribution in [2.75, 3.05) is 26.1 Å². The number of rotatable bonds is 6. The Labute approximate surface area is 129 Å². The Morgan fingerprint density at radius 2 is 1.81 bits per heavy atom. The van der Waals surface area contributed by atoms with Crippen molar-refractivity contribution in [3.8, 4) is 11.5 Å². The van der Waals surface area contributed by atoms with Gasteiger partial charge in [-0.05, 0) is 30.0 Å². The molecule has 0 atom stereocenters. The number of methoxy groups -OCH3 is 2. The highest BCUT2D eigenvalue weighted by atomic mass is 35.5. The minimum absolute atomic E-state index is 0.210. The van der Waals surface area contributed by atoms with Crippen LogP contribution in [0.3, 0.4) is 0 Å². The average molecular weight is 310 g/mol. The summed E-state index contributed by atoms with van der Waals surface area (Å²) in [4.78, 5) is 8.52. The number of hydrogen-bond acceptors (Lipinski definition) is 5. The monoisotopic (exact) mass is 309 g/mol. The van der Waals surface area contributed by atoms with Crippen molar-refractivity contribution < 1.29 is 9.47 Å². The number of nitrogens with one attached hydrogen (secondary N) is 1. The van der Waals surface area contributed by atoms with Crippen LogP contribution in [-0.4, -0.2) is 30.7 Å². The van der Waals surface area contributed by atoms with E-state index >= 15 is 0 Å². The van der Waals surface area contributed by atoms with Crippen LogP contribution in [0.1, 0.15) is 20.3 Å². The van der Waals surface area contributed by atoms with Gasteiger partial charge in [-0.3, -0.25) is 0 Å². The van der Waals surface area contributed by atoms with E-state index in [2.05, 4.69) is 29.1 Å². The molecule has 0 aliphatic carbocycles. The predicted octanol–water partition coefficient (Wildman–Crippen LogP) is 3.76. The lowest BCUT2D eigenvalue weighted by Crippen LogP contribution is -2.07. The van der Waals surface area contributed by atoms with E-state index in [1.807, 2.05) is 6.07 Å². The lowest BCUT2D eigenvalue weighted by molar-refractivity contribution is 0.356. The minimum Gasteiger partial charge on any atom is -0.493 e. The van der Waals surface area contributed by atoms with E-state index in [0.717, 1.165) is 23.9 Å². The summed E-state index contributed by atoms with van der Waals surface area (Å²) >= 11 is 6.00. The summed E-state index contributed by atoms with van der Waals surface area (Å²) in [5.74, 6) is 2.60. The van der Waals surface area contributed by atoms with Gasteiger partial charge in [0.15, 0.2) is 11.5 Å². The van der Waals surface area contributed by atoms with Crippen LogP contribution in [0.15, 0.2) is 12.1 Å². The van der Waals surface area contributed by atoms with E-state index < -0.39 is 0 Å². The maximum Gasteiger partial charge on any atom is 0.224 e. The number of nitrogens with zero attached hydrogens (tertiary/aromatic N) is 2. The molecule has 0 aliphatic heterocycles. The smallest absolute Gasteiger partial charge is 0.224 e. The molecule has 0 aliphatic rings. The van der Waals surface area contributed by atoms with Crippen molar-refractivity contribution >= 4 is 28.3 Å². The second kappa shape index (κ2) is 6.80. The third kappa shape index (κ3) is 3.67. The van der Waals surface area contributed by atoms with Crippen molar-refractivity contribution in [1.82, 2.24) is 9.97 Å². The standard InChI is InChI=1S/C15H20ClN3O2/c1-9(2)5-6-17-14-10-7-12(20-3)13(21-4)8-11(10)18-15(16)19-14/h7-9H,5-6H2,1-4H3,(H,17,18,19). The normalized spacial score (nSPS) is 11.0. The van der Waals surface area contributed by atoms with Crippen LogP contribution < -0.4 is 14.8 Å². The van der Waals surface area contributed by atoms with Crippen molar-refractivity contribution in [2.45, 2.75) is 20.3 Å². The molecule has 0 saturated carbocycles. The van der Waals surface area contributed by atoms with E-state index in [1.54, 1.807) is 20.3 Å². The summed E-state index contributed by atoms with van der Waals surface area (Å²) in [5, 5.41) is 4.39. The molecule has 1 N–H and O–H groups in total. The molecule has 0 fully saturated rings. The van der Waals surface area contributed by atoms with Crippen LogP contribution in [0.25, 0.3) is 10.9 Å². The molecule has 21 heavy (non-hydrogen) atoms. The van der Waals surface area contributed by atoms with Gasteiger partial charge in [-0.25, -0.2) is 9.97 Å². The molecule has 0 saturated heterocycles. The Bertz CT molecular complexity index is 632. The summed E-state index contributed by atoms with van der Waals surface area (Å²) in [5.41, 5.74) is 0.722. The third-order valence-electron chi connectivity index (χ3n) is 3.19. The molecule has 6 heteroatoms. The minimum atomic E-state index is 0.210. The van der Waals surface area contributed by atoms with Crippen molar-refractivity contribution in [3.63, 3.8) is 0 Å². The van der Waals surface area contributed by atoms with E-state index in [-0.39, 0.29) is 5.28 Å². The van der Waals surface area contributed by atoms with Crippen molar-refractivity contribution in [1.29, 1.82) is 0 Å². The van der Waals surface area contributed by atoms with Gasteiger partial charge < -0.3 is 14.8 Å². The number of aromatic nitrogens is 2. The number of halogens is 1. The number of benzene rings is 1. The highest BCUT2D eigenvalue weighted by Gasteiger charge is 2.12. The largest absolute Gasteiger partial charge is 0.493 e. The molecule has 1 heterocycles. The first-order chi connectivity index (χ1) is 10.0. The Morgan fingerprint density at radius 3 is 2.43 bits per heavy atom. The summed E-state index contributed by atoms with van der Waals surface area (Å²) < 4.78 is 10.6. The molecule has 0 bridgehead atoms. The molecule has 1 aromatic heterocycles. The van der Waals surface area contributed by atoms with Gasteiger partial charge in [0.05, 0.1) is 19.7 Å². The SMILES string of the molecule is COc1cc2nc(Cl)nc(NCCC(C)C)c2cc1OC. The zero-order chi connectivity index (χ0) is 15.4. The van der Waals surface area contributed by atoms with E-state index in [9.17, 15) is 0 Å². The maximum absolute atomic E-state index is 6.00. The van der Waals surface area contributed by atoms with Crippen molar-refractivity contribution in [2.24, 2.45) is 5.92 Å². The van der Waals surface area contributed by atoms with Gasteiger partial charge in [0.2, 0.25) is 5.28 Å². The van der Waals surface area contributed by atoms with Crippen LogP contribution in [-0.2, 0) is 0 Å². The van der Waals surface area contributed by atoms with E-state index in [4.69, 9.17) is 21.1 Å². The number of fused-ring (bicyclic) bond motifs is 1. The molecule has 0 unspecified atom stereocenters. The predicted molar refractivity (Wildman–Crippen MR) is 85.6 cm³/mol. The topological polar surface area (TPSA) is 56.3 Å². The fourth-order valence-electron chi connectivity index (χ4n) is 2.04. The van der Waals surface area contributed by atoms with Crippen molar-refractivity contribution in [3.05, 3.63) is 17.4 Å².